The van der Waals surface area contributed by atoms with Crippen molar-refractivity contribution >= 4 is 11.8 Å². The molecule has 0 aromatic heterocycles. The van der Waals surface area contributed by atoms with Gasteiger partial charge in [-0.25, -0.2) is 0 Å². The summed E-state index contributed by atoms with van der Waals surface area (Å²) in [7, 11) is 0. The van der Waals surface area contributed by atoms with Gasteiger partial charge in [-0.05, 0) is 45.5 Å². The Bertz CT molecular complexity index is 2490. The van der Waals surface area contributed by atoms with Crippen molar-refractivity contribution in [2.45, 2.75) is 105 Å². The average Bonchev–Trinajstić information content (AvgIpc) is 3.42. The number of thioether (sulfide) groups is 1. The van der Waals surface area contributed by atoms with E-state index in [0.717, 1.165) is 38.3 Å². The predicted octanol–water partition coefficient (Wildman–Crippen LogP) is 11.8. The van der Waals surface area contributed by atoms with E-state index in [-0.39, 0.29) is 13.2 Å². The second kappa shape index (κ2) is 26.7. The molecule has 362 valence electrons. The molecule has 2 fully saturated rings. The number of hydrogen-bond donors (Lipinski definition) is 0. The fourth-order valence-corrected chi connectivity index (χ4v) is 9.88. The van der Waals surface area contributed by atoms with Gasteiger partial charge in [0.2, 0.25) is 0 Å². The number of rotatable bonds is 24. The monoisotopic (exact) mass is 958 g/mol. The van der Waals surface area contributed by atoms with E-state index in [0.29, 0.717) is 46.1 Å². The highest BCUT2D eigenvalue weighted by Crippen LogP contribution is 2.39. The van der Waals surface area contributed by atoms with E-state index in [1.54, 1.807) is 11.8 Å². The molecule has 0 amide bonds. The van der Waals surface area contributed by atoms with Crippen molar-refractivity contribution in [1.29, 1.82) is 0 Å². The van der Waals surface area contributed by atoms with Crippen LogP contribution in [0.25, 0.3) is 0 Å². The van der Waals surface area contributed by atoms with E-state index >= 15 is 0 Å². The third kappa shape index (κ3) is 14.8. The molecule has 0 aliphatic carbocycles. The molecule has 0 saturated carbocycles. The minimum absolute atomic E-state index is 0.130. The van der Waals surface area contributed by atoms with E-state index in [4.69, 9.17) is 42.6 Å². The van der Waals surface area contributed by atoms with Gasteiger partial charge < -0.3 is 42.6 Å². The molecule has 0 N–H and O–H groups in total. The van der Waals surface area contributed by atoms with Crippen molar-refractivity contribution in [1.82, 2.24) is 0 Å². The molecular formula is C60H62O9S. The fraction of sp³-hybridized carbons (Fsp3) is 0.300. The van der Waals surface area contributed by atoms with Gasteiger partial charge in [0.05, 0.1) is 59.0 Å². The zero-order valence-corrected chi connectivity index (χ0v) is 40.2. The van der Waals surface area contributed by atoms with Crippen LogP contribution in [-0.4, -0.2) is 67.7 Å². The molecule has 2 saturated heterocycles. The highest BCUT2D eigenvalue weighted by Gasteiger charge is 2.50. The average molecular weight is 959 g/mol. The molecule has 0 radical (unpaired) electrons. The summed E-state index contributed by atoms with van der Waals surface area (Å²) in [5.74, 6) is 0. The van der Waals surface area contributed by atoms with E-state index in [1.807, 2.05) is 127 Å². The molecule has 9 nitrogen and oxygen atoms in total. The Labute approximate surface area is 416 Å². The van der Waals surface area contributed by atoms with Crippen LogP contribution in [0.5, 0.6) is 0 Å². The quantitative estimate of drug-likeness (QED) is 0.0584. The third-order valence-electron chi connectivity index (χ3n) is 12.4. The molecule has 2 aliphatic heterocycles. The molecule has 9 atom stereocenters. The first-order chi connectivity index (χ1) is 34.7. The summed E-state index contributed by atoms with van der Waals surface area (Å²) in [5.41, 5.74) is 5.80. The third-order valence-corrected chi connectivity index (χ3v) is 13.5. The first-order valence-electron chi connectivity index (χ1n) is 24.2. The molecule has 0 spiro atoms. The number of ether oxygens (including phenoxy) is 9. The van der Waals surface area contributed by atoms with Crippen molar-refractivity contribution in [3.05, 3.63) is 246 Å². The van der Waals surface area contributed by atoms with E-state index in [9.17, 15) is 0 Å². The molecular weight excluding hydrogens is 897 g/mol. The summed E-state index contributed by atoms with van der Waals surface area (Å²) < 4.78 is 62.1. The second-order valence-corrected chi connectivity index (χ2v) is 18.7. The SMILES string of the molecule is c1ccc(COC[C@H]2O[C@H](OC[C@H]3O[C@@H](Sc4ccccc4)[C@H](OCc4ccccc4)[C@@H](OCc4ccccc4)[C@@H]3OCc3ccccc3)C[C@@H](OCc3ccccc3)[C@H]2OCc2ccccc2)cc1. The topological polar surface area (TPSA) is 83.1 Å². The van der Waals surface area contributed by atoms with Crippen molar-refractivity contribution in [2.24, 2.45) is 0 Å². The van der Waals surface area contributed by atoms with Crippen molar-refractivity contribution in [2.75, 3.05) is 13.2 Å². The normalized spacial score (nSPS) is 23.5. The molecule has 7 aromatic rings. The summed E-state index contributed by atoms with van der Waals surface area (Å²) in [6, 6.07) is 71.4. The van der Waals surface area contributed by atoms with Crippen LogP contribution >= 0.6 is 11.8 Å². The lowest BCUT2D eigenvalue weighted by Crippen LogP contribution is -2.61. The lowest BCUT2D eigenvalue weighted by molar-refractivity contribution is -0.297. The van der Waals surface area contributed by atoms with Crippen molar-refractivity contribution < 1.29 is 42.6 Å². The van der Waals surface area contributed by atoms with Crippen LogP contribution in [-0.2, 0) is 82.3 Å². The Morgan fingerprint density at radius 1 is 0.343 bits per heavy atom. The van der Waals surface area contributed by atoms with Gasteiger partial charge >= 0.3 is 0 Å². The molecule has 2 aliphatic rings. The lowest BCUT2D eigenvalue weighted by Gasteiger charge is -2.46. The maximum atomic E-state index is 7.22. The summed E-state index contributed by atoms with van der Waals surface area (Å²) in [6.07, 6.45) is -4.00. The van der Waals surface area contributed by atoms with Gasteiger partial charge in [-0.15, -0.1) is 0 Å². The zero-order valence-electron chi connectivity index (χ0n) is 39.3. The Balaban J connectivity index is 1.01. The Kier molecular flexibility index (Phi) is 18.9. The highest BCUT2D eigenvalue weighted by molar-refractivity contribution is 7.99. The van der Waals surface area contributed by atoms with Gasteiger partial charge in [0, 0.05) is 11.3 Å². The zero-order chi connectivity index (χ0) is 47.4. The van der Waals surface area contributed by atoms with Gasteiger partial charge in [0.25, 0.3) is 0 Å². The van der Waals surface area contributed by atoms with Crippen LogP contribution < -0.4 is 0 Å². The van der Waals surface area contributed by atoms with Gasteiger partial charge in [-0.1, -0.05) is 212 Å². The van der Waals surface area contributed by atoms with E-state index in [1.165, 1.54) is 0 Å². The van der Waals surface area contributed by atoms with Crippen LogP contribution in [0.15, 0.2) is 217 Å². The summed E-state index contributed by atoms with van der Waals surface area (Å²) in [6.45, 7) is 2.62. The second-order valence-electron chi connectivity index (χ2n) is 17.5. The van der Waals surface area contributed by atoms with E-state index in [2.05, 4.69) is 84.9 Å². The standard InChI is InChI=1S/C60H62O9S/c1-8-22-45(23-9-1)37-61-43-53-56(64-39-47-26-12-3-13-27-47)52(62-38-46-24-10-2-11-25-46)36-55(68-53)63-44-54-57(65-40-48-28-14-4-15-29-48)58(66-41-49-30-16-5-17-31-49)59(67-42-50-32-18-6-19-33-50)60(69-54)70-51-34-20-7-21-35-51/h1-35,52-60H,36-44H2/t52-,53-,54-,55+,56-,57-,58+,59-,60+/m1/s1. The lowest BCUT2D eigenvalue weighted by atomic mass is 9.98. The van der Waals surface area contributed by atoms with Gasteiger partial charge in [-0.2, -0.15) is 0 Å². The van der Waals surface area contributed by atoms with Crippen LogP contribution in [0.3, 0.4) is 0 Å². The first-order valence-corrected chi connectivity index (χ1v) is 25.1. The molecule has 2 heterocycles. The fourth-order valence-electron chi connectivity index (χ4n) is 8.73. The van der Waals surface area contributed by atoms with Crippen LogP contribution in [0.2, 0.25) is 0 Å². The Morgan fingerprint density at radius 2 is 0.714 bits per heavy atom. The molecule has 0 bridgehead atoms. The van der Waals surface area contributed by atoms with Crippen LogP contribution in [0.1, 0.15) is 39.8 Å². The maximum Gasteiger partial charge on any atom is 0.160 e. The minimum atomic E-state index is -0.697. The van der Waals surface area contributed by atoms with Crippen LogP contribution in [0.4, 0.5) is 0 Å². The highest BCUT2D eigenvalue weighted by atomic mass is 32.2. The van der Waals surface area contributed by atoms with Crippen molar-refractivity contribution in [3.8, 4) is 0 Å². The molecule has 10 heteroatoms. The molecule has 0 unspecified atom stereocenters. The Hall–Kier alpha value is -5.47. The molecule has 7 aromatic carbocycles. The Morgan fingerprint density at radius 3 is 1.19 bits per heavy atom. The molecule has 70 heavy (non-hydrogen) atoms. The van der Waals surface area contributed by atoms with Gasteiger partial charge in [0.1, 0.15) is 42.1 Å². The van der Waals surface area contributed by atoms with Crippen LogP contribution in [0, 0.1) is 0 Å². The van der Waals surface area contributed by atoms with Crippen molar-refractivity contribution in [3.63, 3.8) is 0 Å². The maximum absolute atomic E-state index is 7.22. The molecule has 9 rings (SSSR count). The largest absolute Gasteiger partial charge is 0.374 e. The summed E-state index contributed by atoms with van der Waals surface area (Å²) >= 11 is 1.61. The predicted molar refractivity (Wildman–Crippen MR) is 271 cm³/mol. The minimum Gasteiger partial charge on any atom is -0.374 e. The first kappa shape index (κ1) is 49.5. The van der Waals surface area contributed by atoms with E-state index < -0.39 is 54.5 Å². The van der Waals surface area contributed by atoms with Gasteiger partial charge in [0.15, 0.2) is 6.29 Å². The number of hydrogen-bond acceptors (Lipinski definition) is 10. The summed E-state index contributed by atoms with van der Waals surface area (Å²) in [5, 5.41) is 0. The smallest absolute Gasteiger partial charge is 0.160 e. The number of benzene rings is 7. The summed E-state index contributed by atoms with van der Waals surface area (Å²) in [4.78, 5) is 1.04. The van der Waals surface area contributed by atoms with Gasteiger partial charge in [-0.3, -0.25) is 0 Å².